The molecule has 0 unspecified atom stereocenters. The van der Waals surface area contributed by atoms with E-state index in [0.717, 1.165) is 56.6 Å². The first-order chi connectivity index (χ1) is 12.0. The van der Waals surface area contributed by atoms with Crippen molar-refractivity contribution in [1.29, 1.82) is 0 Å². The summed E-state index contributed by atoms with van der Waals surface area (Å²) >= 11 is 0. The van der Waals surface area contributed by atoms with Crippen molar-refractivity contribution in [3.63, 3.8) is 0 Å². The number of carbonyl (C=O) groups is 2. The first-order valence-corrected chi connectivity index (χ1v) is 9.31. The summed E-state index contributed by atoms with van der Waals surface area (Å²) in [7, 11) is 0. The highest BCUT2D eigenvalue weighted by Gasteiger charge is 2.27. The number of nitrogens with zero attached hydrogens (tertiary/aromatic N) is 3. The van der Waals surface area contributed by atoms with Crippen molar-refractivity contribution < 1.29 is 14.7 Å². The van der Waals surface area contributed by atoms with Crippen LogP contribution >= 0.6 is 0 Å². The molecule has 7 nitrogen and oxygen atoms in total. The molecule has 0 radical (unpaired) electrons. The summed E-state index contributed by atoms with van der Waals surface area (Å²) in [6, 6.07) is 1.94. The number of aromatic nitrogens is 2. The van der Waals surface area contributed by atoms with Crippen molar-refractivity contribution in [1.82, 2.24) is 20.0 Å². The maximum Gasteiger partial charge on any atom is 0.249 e. The number of aliphatic hydroxyl groups is 1. The molecule has 0 spiro atoms. The van der Waals surface area contributed by atoms with Crippen LogP contribution in [0.25, 0.3) is 0 Å². The van der Waals surface area contributed by atoms with Crippen molar-refractivity contribution in [3.05, 3.63) is 17.5 Å². The lowest BCUT2D eigenvalue weighted by molar-refractivity contribution is -0.133. The molecule has 138 valence electrons. The van der Waals surface area contributed by atoms with E-state index in [2.05, 4.69) is 10.4 Å². The van der Waals surface area contributed by atoms with Gasteiger partial charge in [-0.25, -0.2) is 0 Å². The summed E-state index contributed by atoms with van der Waals surface area (Å²) in [5, 5.41) is 17.6. The van der Waals surface area contributed by atoms with E-state index in [1.807, 2.05) is 15.6 Å². The second-order valence-corrected chi connectivity index (χ2v) is 7.21. The highest BCUT2D eigenvalue weighted by molar-refractivity contribution is 5.80. The van der Waals surface area contributed by atoms with Gasteiger partial charge in [0.25, 0.3) is 0 Å². The molecule has 0 saturated heterocycles. The van der Waals surface area contributed by atoms with Crippen LogP contribution in [0.5, 0.6) is 0 Å². The van der Waals surface area contributed by atoms with Crippen LogP contribution in [0.3, 0.4) is 0 Å². The highest BCUT2D eigenvalue weighted by atomic mass is 16.3. The van der Waals surface area contributed by atoms with Crippen molar-refractivity contribution in [3.8, 4) is 0 Å². The summed E-state index contributed by atoms with van der Waals surface area (Å²) in [6.07, 6.45) is 5.18. The average Bonchev–Trinajstić information content (AvgIpc) is 2.89. The molecule has 2 N–H and O–H groups in total. The minimum Gasteiger partial charge on any atom is -0.383 e. The van der Waals surface area contributed by atoms with E-state index in [1.54, 1.807) is 6.92 Å². The van der Waals surface area contributed by atoms with Gasteiger partial charge in [-0.3, -0.25) is 14.3 Å². The molecule has 0 aromatic carbocycles. The van der Waals surface area contributed by atoms with Gasteiger partial charge >= 0.3 is 0 Å². The number of hydrogen-bond acceptors (Lipinski definition) is 4. The first kappa shape index (κ1) is 17.9. The normalized spacial score (nSPS) is 19.8. The van der Waals surface area contributed by atoms with Crippen LogP contribution in [-0.4, -0.2) is 44.3 Å². The van der Waals surface area contributed by atoms with Crippen LogP contribution in [0.1, 0.15) is 56.8 Å². The van der Waals surface area contributed by atoms with Crippen molar-refractivity contribution >= 4 is 11.8 Å². The maximum atomic E-state index is 12.2. The molecule has 1 aliphatic carbocycles. The number of fused-ring (bicyclic) bond motifs is 1. The summed E-state index contributed by atoms with van der Waals surface area (Å²) in [4.78, 5) is 25.6. The predicted molar refractivity (Wildman–Crippen MR) is 92.4 cm³/mol. The lowest BCUT2D eigenvalue weighted by Gasteiger charge is -2.25. The number of nitrogens with one attached hydrogen (secondary N) is 1. The Morgan fingerprint density at radius 3 is 2.76 bits per heavy atom. The minimum atomic E-state index is -0.922. The summed E-state index contributed by atoms with van der Waals surface area (Å²) < 4.78 is 1.92. The number of carbonyl (C=O) groups excluding carboxylic acids is 2. The Bertz CT molecular complexity index is 622. The Balaban J connectivity index is 1.56. The molecule has 1 aliphatic heterocycles. The lowest BCUT2D eigenvalue weighted by atomic mass is 9.85. The zero-order chi connectivity index (χ0) is 17.8. The number of amides is 2. The van der Waals surface area contributed by atoms with Gasteiger partial charge < -0.3 is 15.3 Å². The van der Waals surface area contributed by atoms with Crippen LogP contribution in [0.2, 0.25) is 0 Å². The molecule has 1 aromatic rings. The number of rotatable bonds is 4. The van der Waals surface area contributed by atoms with Gasteiger partial charge in [0.2, 0.25) is 11.8 Å². The molecule has 1 fully saturated rings. The van der Waals surface area contributed by atoms with Crippen LogP contribution in [0.15, 0.2) is 6.07 Å². The minimum absolute atomic E-state index is 0.0695. The fourth-order valence-corrected chi connectivity index (χ4v) is 3.82. The molecule has 2 amide bonds. The highest BCUT2D eigenvalue weighted by Crippen LogP contribution is 2.26. The van der Waals surface area contributed by atoms with E-state index < -0.39 is 6.10 Å². The lowest BCUT2D eigenvalue weighted by Crippen LogP contribution is -2.39. The van der Waals surface area contributed by atoms with Crippen LogP contribution in [0, 0.1) is 5.92 Å². The summed E-state index contributed by atoms with van der Waals surface area (Å²) in [6.45, 7) is 3.97. The third kappa shape index (κ3) is 4.39. The van der Waals surface area contributed by atoms with Crippen LogP contribution in [-0.2, 0) is 29.2 Å². The zero-order valence-corrected chi connectivity index (χ0v) is 14.9. The topological polar surface area (TPSA) is 87.5 Å². The van der Waals surface area contributed by atoms with Gasteiger partial charge in [0.05, 0.1) is 24.5 Å². The molecule has 1 saturated carbocycles. The monoisotopic (exact) mass is 348 g/mol. The fraction of sp³-hybridized carbons (Fsp3) is 0.722. The van der Waals surface area contributed by atoms with Gasteiger partial charge in [-0.05, 0) is 31.2 Å². The maximum absolute atomic E-state index is 12.2. The Labute approximate surface area is 148 Å². The third-order valence-electron chi connectivity index (χ3n) is 5.32. The number of hydrogen-bond donors (Lipinski definition) is 2. The second-order valence-electron chi connectivity index (χ2n) is 7.21. The smallest absolute Gasteiger partial charge is 0.249 e. The van der Waals surface area contributed by atoms with Crippen LogP contribution in [0.4, 0.5) is 0 Å². The molecule has 1 aromatic heterocycles. The molecular weight excluding hydrogens is 320 g/mol. The largest absolute Gasteiger partial charge is 0.383 e. The second kappa shape index (κ2) is 7.99. The van der Waals surface area contributed by atoms with Gasteiger partial charge in [0.15, 0.2) is 0 Å². The van der Waals surface area contributed by atoms with Gasteiger partial charge in [-0.15, -0.1) is 0 Å². The molecule has 2 heterocycles. The van der Waals surface area contributed by atoms with Gasteiger partial charge in [-0.2, -0.15) is 5.10 Å². The standard InChI is InChI=1S/C18H28N4O3/c1-13(23)21-8-5-9-22-16(12-21)10-15(20-22)11-19-18(25)17(24)14-6-3-2-4-7-14/h10,14,17,24H,2-9,11-12H2,1H3,(H,19,25)/t17-/m1/s1. The Hall–Kier alpha value is -1.89. The number of aryl methyl sites for hydroxylation is 1. The molecular formula is C18H28N4O3. The van der Waals surface area contributed by atoms with Crippen molar-refractivity contribution in [2.45, 2.75) is 71.2 Å². The summed E-state index contributed by atoms with van der Waals surface area (Å²) in [5.41, 5.74) is 1.76. The molecule has 0 bridgehead atoms. The van der Waals surface area contributed by atoms with E-state index in [1.165, 1.54) is 6.42 Å². The van der Waals surface area contributed by atoms with Gasteiger partial charge in [0.1, 0.15) is 6.10 Å². The molecule has 2 aliphatic rings. The average molecular weight is 348 g/mol. The molecule has 25 heavy (non-hydrogen) atoms. The van der Waals surface area contributed by atoms with Crippen molar-refractivity contribution in [2.24, 2.45) is 5.92 Å². The molecule has 1 atom stereocenters. The molecule has 3 rings (SSSR count). The fourth-order valence-electron chi connectivity index (χ4n) is 3.82. The Kier molecular flexibility index (Phi) is 5.73. The third-order valence-corrected chi connectivity index (χ3v) is 5.32. The summed E-state index contributed by atoms with van der Waals surface area (Å²) in [5.74, 6) is -0.155. The van der Waals surface area contributed by atoms with Gasteiger partial charge in [0, 0.05) is 20.0 Å². The predicted octanol–water partition coefficient (Wildman–Crippen LogP) is 1.19. The first-order valence-electron chi connectivity index (χ1n) is 9.31. The Morgan fingerprint density at radius 2 is 2.04 bits per heavy atom. The van der Waals surface area contributed by atoms with Crippen LogP contribution < -0.4 is 5.32 Å². The van der Waals surface area contributed by atoms with E-state index in [0.29, 0.717) is 13.1 Å². The quantitative estimate of drug-likeness (QED) is 0.856. The van der Waals surface area contributed by atoms with E-state index in [-0.39, 0.29) is 17.7 Å². The SMILES string of the molecule is CC(=O)N1CCCn2nc(CNC(=O)[C@H](O)C3CCCCC3)cc2C1. The Morgan fingerprint density at radius 1 is 1.28 bits per heavy atom. The van der Waals surface area contributed by atoms with Gasteiger partial charge in [-0.1, -0.05) is 19.3 Å². The van der Waals surface area contributed by atoms with E-state index in [9.17, 15) is 14.7 Å². The van der Waals surface area contributed by atoms with Crippen molar-refractivity contribution in [2.75, 3.05) is 6.54 Å². The van der Waals surface area contributed by atoms with E-state index >= 15 is 0 Å². The zero-order valence-electron chi connectivity index (χ0n) is 14.9. The molecule has 7 heteroatoms. The number of aliphatic hydroxyl groups excluding tert-OH is 1. The van der Waals surface area contributed by atoms with E-state index in [4.69, 9.17) is 0 Å².